The molecule has 0 bridgehead atoms. The molecule has 1 aromatic heterocycles. The summed E-state index contributed by atoms with van der Waals surface area (Å²) in [6.45, 7) is 5.04. The van der Waals surface area contributed by atoms with Crippen LogP contribution in [-0.4, -0.2) is 34.0 Å². The van der Waals surface area contributed by atoms with Gasteiger partial charge in [-0.3, -0.25) is 0 Å². The summed E-state index contributed by atoms with van der Waals surface area (Å²) >= 11 is 0. The molecule has 0 amide bonds. The summed E-state index contributed by atoms with van der Waals surface area (Å²) in [5, 5.41) is 11.5. The Hall–Kier alpha value is -1.88. The van der Waals surface area contributed by atoms with Crippen LogP contribution in [0.1, 0.15) is 20.3 Å². The molecule has 5 nitrogen and oxygen atoms in total. The van der Waals surface area contributed by atoms with Gasteiger partial charge in [-0.25, -0.2) is 0 Å². The van der Waals surface area contributed by atoms with Crippen LogP contribution in [0, 0.1) is 0 Å². The van der Waals surface area contributed by atoms with E-state index in [0.717, 1.165) is 30.0 Å². The van der Waals surface area contributed by atoms with E-state index in [9.17, 15) is 0 Å². The van der Waals surface area contributed by atoms with Crippen molar-refractivity contribution in [3.05, 3.63) is 30.6 Å². The number of hydrogen-bond donors (Lipinski definition) is 1. The number of benzene rings is 1. The molecule has 108 valence electrons. The number of ether oxygens (including phenoxy) is 1. The molecular formula is C15H22N4O. The van der Waals surface area contributed by atoms with Gasteiger partial charge in [0.25, 0.3) is 0 Å². The predicted molar refractivity (Wildman–Crippen MR) is 80.6 cm³/mol. The van der Waals surface area contributed by atoms with Gasteiger partial charge >= 0.3 is 0 Å². The molecule has 0 aliphatic carbocycles. The molecule has 0 saturated carbocycles. The molecule has 0 aliphatic heterocycles. The highest BCUT2D eigenvalue weighted by molar-refractivity contribution is 5.62. The van der Waals surface area contributed by atoms with Gasteiger partial charge in [0.2, 0.25) is 0 Å². The van der Waals surface area contributed by atoms with E-state index in [1.54, 1.807) is 13.4 Å². The first-order valence-corrected chi connectivity index (χ1v) is 6.75. The van der Waals surface area contributed by atoms with E-state index in [-0.39, 0.29) is 5.60 Å². The van der Waals surface area contributed by atoms with Crippen LogP contribution in [0.5, 0.6) is 0 Å². The van der Waals surface area contributed by atoms with Crippen LogP contribution in [0.3, 0.4) is 0 Å². The van der Waals surface area contributed by atoms with Gasteiger partial charge in [0, 0.05) is 32.0 Å². The Kier molecular flexibility index (Phi) is 4.39. The Labute approximate surface area is 120 Å². The molecule has 0 radical (unpaired) electrons. The first-order valence-electron chi connectivity index (χ1n) is 6.75. The Morgan fingerprint density at radius 3 is 2.80 bits per heavy atom. The van der Waals surface area contributed by atoms with Crippen LogP contribution in [0.15, 0.2) is 30.6 Å². The molecule has 1 aromatic carbocycles. The lowest BCUT2D eigenvalue weighted by atomic mass is 10.1. The minimum Gasteiger partial charge on any atom is -0.385 e. The van der Waals surface area contributed by atoms with Crippen LogP contribution in [0.4, 0.5) is 5.69 Å². The maximum absolute atomic E-state index is 5.41. The van der Waals surface area contributed by atoms with Crippen molar-refractivity contribution < 1.29 is 4.74 Å². The van der Waals surface area contributed by atoms with Gasteiger partial charge in [0.1, 0.15) is 6.33 Å². The fourth-order valence-electron chi connectivity index (χ4n) is 1.92. The number of aromatic nitrogens is 3. The van der Waals surface area contributed by atoms with E-state index in [2.05, 4.69) is 41.5 Å². The second kappa shape index (κ2) is 6.05. The van der Waals surface area contributed by atoms with E-state index in [1.165, 1.54) is 0 Å². The number of rotatable bonds is 6. The Balaban J connectivity index is 2.02. The Bertz CT molecular complexity index is 563. The highest BCUT2D eigenvalue weighted by Crippen LogP contribution is 2.20. The summed E-state index contributed by atoms with van der Waals surface area (Å²) < 4.78 is 7.32. The molecule has 0 unspecified atom stereocenters. The van der Waals surface area contributed by atoms with Crippen molar-refractivity contribution in [3.8, 4) is 11.4 Å². The van der Waals surface area contributed by atoms with Gasteiger partial charge in [0.05, 0.1) is 5.60 Å². The molecule has 0 aliphatic rings. The summed E-state index contributed by atoms with van der Waals surface area (Å²) in [6, 6.07) is 8.20. The summed E-state index contributed by atoms with van der Waals surface area (Å²) in [4.78, 5) is 0. The fraction of sp³-hybridized carbons (Fsp3) is 0.467. The third kappa shape index (κ3) is 3.57. The van der Waals surface area contributed by atoms with Crippen LogP contribution in [0.2, 0.25) is 0 Å². The SMILES string of the molecule is COC(C)(C)CCNc1cccc(-c2nncn2C)c1. The van der Waals surface area contributed by atoms with Gasteiger partial charge in [-0.15, -0.1) is 10.2 Å². The van der Waals surface area contributed by atoms with Crippen molar-refractivity contribution in [2.75, 3.05) is 19.0 Å². The summed E-state index contributed by atoms with van der Waals surface area (Å²) in [7, 11) is 3.69. The average molecular weight is 274 g/mol. The summed E-state index contributed by atoms with van der Waals surface area (Å²) in [6.07, 6.45) is 2.65. The smallest absolute Gasteiger partial charge is 0.163 e. The van der Waals surface area contributed by atoms with E-state index in [1.807, 2.05) is 23.7 Å². The van der Waals surface area contributed by atoms with Gasteiger partial charge in [-0.05, 0) is 32.4 Å². The first kappa shape index (κ1) is 14.5. The molecule has 0 saturated heterocycles. The monoisotopic (exact) mass is 274 g/mol. The number of nitrogens with one attached hydrogen (secondary N) is 1. The second-order valence-corrected chi connectivity index (χ2v) is 5.49. The quantitative estimate of drug-likeness (QED) is 0.880. The van der Waals surface area contributed by atoms with Crippen molar-refractivity contribution in [1.29, 1.82) is 0 Å². The highest BCUT2D eigenvalue weighted by Gasteiger charge is 2.15. The standard InChI is InChI=1S/C15H22N4O/c1-15(2,20-4)8-9-16-13-7-5-6-12(10-13)14-18-17-11-19(14)3/h5-7,10-11,16H,8-9H2,1-4H3. The zero-order chi connectivity index (χ0) is 14.6. The molecule has 0 fully saturated rings. The molecular weight excluding hydrogens is 252 g/mol. The molecule has 2 rings (SSSR count). The molecule has 0 atom stereocenters. The van der Waals surface area contributed by atoms with E-state index < -0.39 is 0 Å². The lowest BCUT2D eigenvalue weighted by Crippen LogP contribution is -2.25. The lowest BCUT2D eigenvalue weighted by Gasteiger charge is -2.23. The molecule has 20 heavy (non-hydrogen) atoms. The van der Waals surface area contributed by atoms with E-state index >= 15 is 0 Å². The van der Waals surface area contributed by atoms with Crippen molar-refractivity contribution in [2.24, 2.45) is 7.05 Å². The number of anilines is 1. The minimum absolute atomic E-state index is 0.103. The van der Waals surface area contributed by atoms with Crippen LogP contribution >= 0.6 is 0 Å². The van der Waals surface area contributed by atoms with Gasteiger partial charge in [-0.1, -0.05) is 12.1 Å². The van der Waals surface area contributed by atoms with Gasteiger partial charge < -0.3 is 14.6 Å². The number of methoxy groups -OCH3 is 1. The molecule has 0 spiro atoms. The molecule has 2 aromatic rings. The van der Waals surface area contributed by atoms with Crippen LogP contribution in [0.25, 0.3) is 11.4 Å². The molecule has 1 heterocycles. The lowest BCUT2D eigenvalue weighted by molar-refractivity contribution is 0.0185. The Morgan fingerprint density at radius 1 is 1.35 bits per heavy atom. The normalized spacial score (nSPS) is 11.6. The molecule has 1 N–H and O–H groups in total. The fourth-order valence-corrected chi connectivity index (χ4v) is 1.92. The zero-order valence-electron chi connectivity index (χ0n) is 12.6. The summed E-state index contributed by atoms with van der Waals surface area (Å²) in [5.74, 6) is 0.867. The summed E-state index contributed by atoms with van der Waals surface area (Å²) in [5.41, 5.74) is 2.03. The van der Waals surface area contributed by atoms with E-state index in [0.29, 0.717) is 0 Å². The third-order valence-corrected chi connectivity index (χ3v) is 3.44. The second-order valence-electron chi connectivity index (χ2n) is 5.49. The minimum atomic E-state index is -0.103. The maximum atomic E-state index is 5.41. The third-order valence-electron chi connectivity index (χ3n) is 3.44. The zero-order valence-corrected chi connectivity index (χ0v) is 12.6. The molecule has 5 heteroatoms. The number of hydrogen-bond acceptors (Lipinski definition) is 4. The van der Waals surface area contributed by atoms with Crippen LogP contribution < -0.4 is 5.32 Å². The number of aryl methyl sites for hydroxylation is 1. The largest absolute Gasteiger partial charge is 0.385 e. The highest BCUT2D eigenvalue weighted by atomic mass is 16.5. The van der Waals surface area contributed by atoms with Crippen molar-refractivity contribution in [2.45, 2.75) is 25.9 Å². The van der Waals surface area contributed by atoms with Gasteiger partial charge in [-0.2, -0.15) is 0 Å². The maximum Gasteiger partial charge on any atom is 0.163 e. The van der Waals surface area contributed by atoms with E-state index in [4.69, 9.17) is 4.74 Å². The topological polar surface area (TPSA) is 52.0 Å². The number of nitrogens with zero attached hydrogens (tertiary/aromatic N) is 3. The Morgan fingerprint density at radius 2 is 2.15 bits per heavy atom. The first-order chi connectivity index (χ1) is 9.52. The van der Waals surface area contributed by atoms with Crippen molar-refractivity contribution in [1.82, 2.24) is 14.8 Å². The van der Waals surface area contributed by atoms with Gasteiger partial charge in [0.15, 0.2) is 5.82 Å². The van der Waals surface area contributed by atoms with Crippen molar-refractivity contribution >= 4 is 5.69 Å². The van der Waals surface area contributed by atoms with Crippen LogP contribution in [-0.2, 0) is 11.8 Å². The predicted octanol–water partition coefficient (Wildman–Crippen LogP) is 2.71. The average Bonchev–Trinajstić information content (AvgIpc) is 2.85. The van der Waals surface area contributed by atoms with Crippen molar-refractivity contribution in [3.63, 3.8) is 0 Å².